The lowest BCUT2D eigenvalue weighted by Gasteiger charge is -2.33. The van der Waals surface area contributed by atoms with Gasteiger partial charge in [-0.2, -0.15) is 11.8 Å². The van der Waals surface area contributed by atoms with Crippen LogP contribution in [0.25, 0.3) is 0 Å². The summed E-state index contributed by atoms with van der Waals surface area (Å²) in [6, 6.07) is 3.69. The third-order valence-electron chi connectivity index (χ3n) is 4.79. The smallest absolute Gasteiger partial charge is 0.227 e. The number of anilines is 1. The van der Waals surface area contributed by atoms with Gasteiger partial charge in [-0.1, -0.05) is 0 Å². The highest BCUT2D eigenvalue weighted by Crippen LogP contribution is 2.30. The number of nitrogens with zero attached hydrogens (tertiary/aromatic N) is 2. The summed E-state index contributed by atoms with van der Waals surface area (Å²) in [4.78, 5) is 18.9. The second-order valence-corrected chi connectivity index (χ2v) is 7.58. The van der Waals surface area contributed by atoms with Crippen LogP contribution in [0.5, 0.6) is 0 Å². The first-order valence-electron chi connectivity index (χ1n) is 8.32. The van der Waals surface area contributed by atoms with Crippen molar-refractivity contribution in [2.24, 2.45) is 11.8 Å². The molecule has 2 aliphatic rings. The molecule has 1 N–H and O–H groups in total. The van der Waals surface area contributed by atoms with Crippen LogP contribution in [0.2, 0.25) is 0 Å². The summed E-state index contributed by atoms with van der Waals surface area (Å²) in [6.45, 7) is 3.72. The molecule has 120 valence electrons. The molecule has 5 heteroatoms. The number of carbonyl (C=O) groups excluding carboxylic acids is 1. The summed E-state index contributed by atoms with van der Waals surface area (Å²) >= 11 is 2.07. The fraction of sp³-hybridized carbons (Fsp3) is 0.647. The van der Waals surface area contributed by atoms with Crippen molar-refractivity contribution in [3.8, 4) is 0 Å². The highest BCUT2D eigenvalue weighted by Gasteiger charge is 2.27. The summed E-state index contributed by atoms with van der Waals surface area (Å²) in [5.74, 6) is 3.71. The van der Waals surface area contributed by atoms with Gasteiger partial charge in [0.15, 0.2) is 0 Å². The highest BCUT2D eigenvalue weighted by molar-refractivity contribution is 7.99. The van der Waals surface area contributed by atoms with Crippen molar-refractivity contribution < 1.29 is 4.79 Å². The molecule has 4 nitrogen and oxygen atoms in total. The van der Waals surface area contributed by atoms with E-state index in [1.807, 2.05) is 12.1 Å². The first-order chi connectivity index (χ1) is 10.8. The van der Waals surface area contributed by atoms with E-state index in [2.05, 4.69) is 27.0 Å². The first-order valence-corrected chi connectivity index (χ1v) is 9.48. The van der Waals surface area contributed by atoms with Crippen molar-refractivity contribution in [1.29, 1.82) is 0 Å². The second-order valence-electron chi connectivity index (χ2n) is 6.36. The molecule has 0 bridgehead atoms. The third kappa shape index (κ3) is 4.46. The third-order valence-corrected chi connectivity index (χ3v) is 5.73. The number of aromatic nitrogens is 1. The molecule has 1 saturated heterocycles. The number of nitrogens with one attached hydrogen (secondary N) is 1. The quantitative estimate of drug-likeness (QED) is 0.927. The van der Waals surface area contributed by atoms with E-state index in [4.69, 9.17) is 0 Å². The summed E-state index contributed by atoms with van der Waals surface area (Å²) in [5, 5.41) is 3.02. The van der Waals surface area contributed by atoms with E-state index in [1.165, 1.54) is 44.0 Å². The molecule has 1 aromatic heterocycles. The fourth-order valence-electron chi connectivity index (χ4n) is 3.44. The Hall–Kier alpha value is -1.07. The molecule has 0 spiro atoms. The SMILES string of the molecule is O=C(Nc1ccncc1)[C@H]1CC[C@H](CN2CCSCC2)CC1. The zero-order valence-corrected chi connectivity index (χ0v) is 13.9. The van der Waals surface area contributed by atoms with Gasteiger partial charge < -0.3 is 10.2 Å². The summed E-state index contributed by atoms with van der Waals surface area (Å²) in [7, 11) is 0. The zero-order valence-electron chi connectivity index (χ0n) is 13.0. The number of thioether (sulfide) groups is 1. The lowest BCUT2D eigenvalue weighted by molar-refractivity contribution is -0.121. The number of pyridine rings is 1. The molecule has 0 radical (unpaired) electrons. The van der Waals surface area contributed by atoms with Crippen LogP contribution in [0.4, 0.5) is 5.69 Å². The summed E-state index contributed by atoms with van der Waals surface area (Å²) in [6.07, 6.45) is 7.87. The molecule has 1 aliphatic heterocycles. The topological polar surface area (TPSA) is 45.2 Å². The Morgan fingerprint density at radius 2 is 1.86 bits per heavy atom. The largest absolute Gasteiger partial charge is 0.326 e. The molecule has 1 saturated carbocycles. The minimum Gasteiger partial charge on any atom is -0.326 e. The zero-order chi connectivity index (χ0) is 15.2. The Morgan fingerprint density at radius 1 is 1.18 bits per heavy atom. The van der Waals surface area contributed by atoms with Crippen molar-refractivity contribution in [2.75, 3.05) is 36.5 Å². The maximum Gasteiger partial charge on any atom is 0.227 e. The standard InChI is InChI=1S/C17H25N3OS/c21-17(19-16-5-7-18-8-6-16)15-3-1-14(2-4-15)13-20-9-11-22-12-10-20/h5-8,14-15H,1-4,9-13H2,(H,18,19,21)/t14-,15-. The minimum absolute atomic E-state index is 0.180. The van der Waals surface area contributed by atoms with Gasteiger partial charge in [0.25, 0.3) is 0 Å². The predicted molar refractivity (Wildman–Crippen MR) is 92.1 cm³/mol. The van der Waals surface area contributed by atoms with Gasteiger partial charge in [0.05, 0.1) is 0 Å². The molecule has 1 aliphatic carbocycles. The normalized spacial score (nSPS) is 26.5. The fourth-order valence-corrected chi connectivity index (χ4v) is 4.41. The van der Waals surface area contributed by atoms with Crippen LogP contribution >= 0.6 is 11.8 Å². The van der Waals surface area contributed by atoms with E-state index < -0.39 is 0 Å². The Morgan fingerprint density at radius 3 is 2.55 bits per heavy atom. The molecule has 1 amide bonds. The molecular formula is C17H25N3OS. The Balaban J connectivity index is 1.42. The second kappa shape index (κ2) is 7.97. The van der Waals surface area contributed by atoms with Crippen LogP contribution in [-0.2, 0) is 4.79 Å². The van der Waals surface area contributed by atoms with Gasteiger partial charge in [-0.15, -0.1) is 0 Å². The lowest BCUT2D eigenvalue weighted by Crippen LogP contribution is -2.38. The molecule has 0 aromatic carbocycles. The average Bonchev–Trinajstić information content (AvgIpc) is 2.57. The maximum atomic E-state index is 12.3. The van der Waals surface area contributed by atoms with E-state index in [0.717, 1.165) is 24.4 Å². The molecule has 0 unspecified atom stereocenters. The van der Waals surface area contributed by atoms with Gasteiger partial charge >= 0.3 is 0 Å². The van der Waals surface area contributed by atoms with Gasteiger partial charge in [-0.3, -0.25) is 9.78 Å². The van der Waals surface area contributed by atoms with Crippen LogP contribution in [0, 0.1) is 11.8 Å². The van der Waals surface area contributed by atoms with E-state index in [9.17, 15) is 4.79 Å². The molecule has 1 aromatic rings. The minimum atomic E-state index is 0.180. The summed E-state index contributed by atoms with van der Waals surface area (Å²) < 4.78 is 0. The van der Waals surface area contributed by atoms with Crippen LogP contribution < -0.4 is 5.32 Å². The van der Waals surface area contributed by atoms with E-state index >= 15 is 0 Å². The monoisotopic (exact) mass is 319 g/mol. The van der Waals surface area contributed by atoms with E-state index in [0.29, 0.717) is 0 Å². The van der Waals surface area contributed by atoms with E-state index in [-0.39, 0.29) is 11.8 Å². The first kappa shape index (κ1) is 15.8. The van der Waals surface area contributed by atoms with Crippen molar-refractivity contribution in [2.45, 2.75) is 25.7 Å². The number of hydrogen-bond donors (Lipinski definition) is 1. The molecule has 3 rings (SSSR count). The maximum absolute atomic E-state index is 12.3. The van der Waals surface area contributed by atoms with Gasteiger partial charge in [-0.25, -0.2) is 0 Å². The Kier molecular flexibility index (Phi) is 5.73. The van der Waals surface area contributed by atoms with Crippen LogP contribution in [-0.4, -0.2) is 46.9 Å². The molecule has 22 heavy (non-hydrogen) atoms. The molecule has 2 fully saturated rings. The highest BCUT2D eigenvalue weighted by atomic mass is 32.2. The average molecular weight is 319 g/mol. The van der Waals surface area contributed by atoms with E-state index in [1.54, 1.807) is 12.4 Å². The Labute approximate surface area is 137 Å². The number of hydrogen-bond acceptors (Lipinski definition) is 4. The van der Waals surface area contributed by atoms with Gasteiger partial charge in [-0.05, 0) is 43.7 Å². The molecular weight excluding hydrogens is 294 g/mol. The number of amides is 1. The van der Waals surface area contributed by atoms with Crippen LogP contribution in [0.3, 0.4) is 0 Å². The van der Waals surface area contributed by atoms with Gasteiger partial charge in [0.2, 0.25) is 5.91 Å². The Bertz CT molecular complexity index is 468. The van der Waals surface area contributed by atoms with Crippen LogP contribution in [0.15, 0.2) is 24.5 Å². The number of carbonyl (C=O) groups is 1. The predicted octanol–water partition coefficient (Wildman–Crippen LogP) is 2.88. The van der Waals surface area contributed by atoms with Crippen LogP contribution in [0.1, 0.15) is 25.7 Å². The number of rotatable bonds is 4. The van der Waals surface area contributed by atoms with Crippen molar-refractivity contribution in [3.63, 3.8) is 0 Å². The van der Waals surface area contributed by atoms with Gasteiger partial charge in [0, 0.05) is 55.1 Å². The molecule has 0 atom stereocenters. The van der Waals surface area contributed by atoms with Crippen molar-refractivity contribution in [3.05, 3.63) is 24.5 Å². The van der Waals surface area contributed by atoms with Crippen molar-refractivity contribution in [1.82, 2.24) is 9.88 Å². The summed E-state index contributed by atoms with van der Waals surface area (Å²) in [5.41, 5.74) is 0.855. The molecule has 2 heterocycles. The lowest BCUT2D eigenvalue weighted by atomic mass is 9.81. The van der Waals surface area contributed by atoms with Gasteiger partial charge in [0.1, 0.15) is 0 Å². The van der Waals surface area contributed by atoms with Crippen molar-refractivity contribution >= 4 is 23.4 Å².